The number of hydrogen-bond donors (Lipinski definition) is 2. The molecule has 4 rings (SSSR count). The molecule has 0 radical (unpaired) electrons. The van der Waals surface area contributed by atoms with Crippen molar-refractivity contribution < 1.29 is 32.5 Å². The Labute approximate surface area is 184 Å². The van der Waals surface area contributed by atoms with Gasteiger partial charge in [-0.3, -0.25) is 0 Å². The van der Waals surface area contributed by atoms with Gasteiger partial charge in [0.25, 0.3) is 5.92 Å². The van der Waals surface area contributed by atoms with Crippen molar-refractivity contribution in [3.8, 4) is 16.9 Å². The first-order valence-corrected chi connectivity index (χ1v) is 10.5. The second-order valence-electron chi connectivity index (χ2n) is 8.82. The minimum atomic E-state index is -3.01. The van der Waals surface area contributed by atoms with Crippen LogP contribution >= 0.6 is 0 Å². The Kier molecular flexibility index (Phi) is 5.61. The van der Waals surface area contributed by atoms with Crippen molar-refractivity contribution >= 4 is 11.7 Å². The Hall–Kier alpha value is -2.74. The zero-order valence-electron chi connectivity index (χ0n) is 18.2. The standard InChI is InChI=1S/C24H26F3NO4/c1-13-8-19(20(25)21(31-3)14(13)2)18-7-4-16(9-15(18)10-32-17-5-6-17)28-23(22(29)30)11-24(26,27)12-23/h4,7-9,17,28H,5-6,10-12H2,1-3H3,(H,29,30). The van der Waals surface area contributed by atoms with E-state index < -0.39 is 36.1 Å². The van der Waals surface area contributed by atoms with Gasteiger partial charge in [0.2, 0.25) is 0 Å². The van der Waals surface area contributed by atoms with E-state index in [2.05, 4.69) is 5.32 Å². The summed E-state index contributed by atoms with van der Waals surface area (Å²) in [4.78, 5) is 11.7. The molecule has 0 aromatic heterocycles. The van der Waals surface area contributed by atoms with E-state index in [4.69, 9.17) is 9.47 Å². The third-order valence-electron chi connectivity index (χ3n) is 6.24. The fourth-order valence-electron chi connectivity index (χ4n) is 4.19. The van der Waals surface area contributed by atoms with Gasteiger partial charge in [0, 0.05) is 24.1 Å². The summed E-state index contributed by atoms with van der Waals surface area (Å²) in [6, 6.07) is 6.63. The van der Waals surface area contributed by atoms with Gasteiger partial charge in [0.05, 0.1) is 19.8 Å². The zero-order valence-corrected chi connectivity index (χ0v) is 18.2. The number of carboxylic acid groups (broad SMARTS) is 1. The number of aryl methyl sites for hydroxylation is 1. The van der Waals surface area contributed by atoms with E-state index in [0.29, 0.717) is 27.9 Å². The molecular formula is C24H26F3NO4. The van der Waals surface area contributed by atoms with Crippen molar-refractivity contribution in [3.63, 3.8) is 0 Å². The lowest BCUT2D eigenvalue weighted by Gasteiger charge is -2.44. The van der Waals surface area contributed by atoms with Crippen molar-refractivity contribution in [2.75, 3.05) is 12.4 Å². The largest absolute Gasteiger partial charge is 0.493 e. The molecule has 8 heteroatoms. The number of anilines is 1. The number of hydrogen-bond acceptors (Lipinski definition) is 4. The Morgan fingerprint density at radius 1 is 1.19 bits per heavy atom. The molecule has 2 aromatic carbocycles. The lowest BCUT2D eigenvalue weighted by atomic mass is 9.73. The molecule has 0 spiro atoms. The molecule has 2 N–H and O–H groups in total. The summed E-state index contributed by atoms with van der Waals surface area (Å²) < 4.78 is 53.4. The van der Waals surface area contributed by atoms with E-state index in [1.807, 2.05) is 6.92 Å². The average molecular weight is 449 g/mol. The number of aliphatic carboxylic acids is 1. The highest BCUT2D eigenvalue weighted by Crippen LogP contribution is 2.48. The summed E-state index contributed by atoms with van der Waals surface area (Å²) in [5.41, 5.74) is 1.77. The summed E-state index contributed by atoms with van der Waals surface area (Å²) in [7, 11) is 1.42. The second-order valence-corrected chi connectivity index (χ2v) is 8.82. The smallest absolute Gasteiger partial charge is 0.329 e. The number of ether oxygens (including phenoxy) is 2. The van der Waals surface area contributed by atoms with Gasteiger partial charge in [-0.25, -0.2) is 18.0 Å². The second kappa shape index (κ2) is 7.99. The Morgan fingerprint density at radius 3 is 2.44 bits per heavy atom. The topological polar surface area (TPSA) is 67.8 Å². The molecule has 0 bridgehead atoms. The number of alkyl halides is 2. The van der Waals surface area contributed by atoms with Crippen LogP contribution in [0.25, 0.3) is 11.1 Å². The summed E-state index contributed by atoms with van der Waals surface area (Å²) in [6.07, 6.45) is 0.489. The minimum Gasteiger partial charge on any atom is -0.493 e. The summed E-state index contributed by atoms with van der Waals surface area (Å²) in [5, 5.41) is 12.3. The molecule has 0 unspecified atom stereocenters. The normalized spacial score (nSPS) is 18.7. The molecule has 2 aliphatic carbocycles. The monoisotopic (exact) mass is 449 g/mol. The average Bonchev–Trinajstić information content (AvgIpc) is 3.53. The van der Waals surface area contributed by atoms with Crippen molar-refractivity contribution in [2.45, 2.75) is 63.7 Å². The van der Waals surface area contributed by atoms with Gasteiger partial charge in [-0.05, 0) is 67.1 Å². The molecule has 5 nitrogen and oxygen atoms in total. The maximum absolute atomic E-state index is 15.3. The van der Waals surface area contributed by atoms with Gasteiger partial charge in [-0.1, -0.05) is 6.07 Å². The third kappa shape index (κ3) is 4.16. The summed E-state index contributed by atoms with van der Waals surface area (Å²) in [5.74, 6) is -4.67. The molecule has 2 aromatic rings. The van der Waals surface area contributed by atoms with Crippen molar-refractivity contribution in [1.29, 1.82) is 0 Å². The van der Waals surface area contributed by atoms with Crippen molar-refractivity contribution in [2.24, 2.45) is 0 Å². The molecule has 32 heavy (non-hydrogen) atoms. The van der Waals surface area contributed by atoms with Crippen LogP contribution in [0.3, 0.4) is 0 Å². The molecule has 0 amide bonds. The van der Waals surface area contributed by atoms with Crippen LogP contribution in [-0.2, 0) is 16.1 Å². The molecule has 2 aliphatic rings. The van der Waals surface area contributed by atoms with E-state index in [1.165, 1.54) is 7.11 Å². The summed E-state index contributed by atoms with van der Waals surface area (Å²) >= 11 is 0. The van der Waals surface area contributed by atoms with Crippen molar-refractivity contribution in [3.05, 3.63) is 46.8 Å². The molecule has 0 aliphatic heterocycles. The lowest BCUT2D eigenvalue weighted by Crippen LogP contribution is -2.61. The van der Waals surface area contributed by atoms with Crippen LogP contribution in [-0.4, -0.2) is 35.8 Å². The fraction of sp³-hybridized carbons (Fsp3) is 0.458. The first-order valence-electron chi connectivity index (χ1n) is 10.5. The number of methoxy groups -OCH3 is 1. The molecule has 2 saturated carbocycles. The van der Waals surface area contributed by atoms with Gasteiger partial charge in [0.1, 0.15) is 5.54 Å². The number of benzene rings is 2. The highest BCUT2D eigenvalue weighted by atomic mass is 19.3. The van der Waals surface area contributed by atoms with Crippen molar-refractivity contribution in [1.82, 2.24) is 0 Å². The molecule has 172 valence electrons. The number of halogens is 3. The first-order chi connectivity index (χ1) is 15.0. The highest BCUT2D eigenvalue weighted by Gasteiger charge is 2.61. The number of carbonyl (C=O) groups is 1. The van der Waals surface area contributed by atoms with Gasteiger partial charge in [-0.2, -0.15) is 0 Å². The van der Waals surface area contributed by atoms with Gasteiger partial charge in [-0.15, -0.1) is 0 Å². The van der Waals surface area contributed by atoms with Crippen LogP contribution in [0, 0.1) is 19.7 Å². The Bertz CT molecular complexity index is 1060. The highest BCUT2D eigenvalue weighted by molar-refractivity contribution is 5.85. The molecule has 0 atom stereocenters. The molecular weight excluding hydrogens is 423 g/mol. The SMILES string of the molecule is COc1c(C)c(C)cc(-c2ccc(NC3(C(=O)O)CC(F)(F)C3)cc2COC2CC2)c1F. The van der Waals surface area contributed by atoms with Gasteiger partial charge < -0.3 is 19.9 Å². The van der Waals surface area contributed by atoms with Crippen LogP contribution in [0.4, 0.5) is 18.9 Å². The molecule has 2 fully saturated rings. The first kappa shape index (κ1) is 22.5. The minimum absolute atomic E-state index is 0.147. The van der Waals surface area contributed by atoms with Crippen LogP contribution in [0.2, 0.25) is 0 Å². The maximum atomic E-state index is 15.3. The number of carboxylic acids is 1. The van der Waals surface area contributed by atoms with Gasteiger partial charge >= 0.3 is 5.97 Å². The van der Waals surface area contributed by atoms with Crippen LogP contribution < -0.4 is 10.1 Å². The van der Waals surface area contributed by atoms with E-state index in [9.17, 15) is 18.7 Å². The molecule has 0 heterocycles. The van der Waals surface area contributed by atoms with Gasteiger partial charge in [0.15, 0.2) is 11.6 Å². The van der Waals surface area contributed by atoms with Crippen LogP contribution in [0.15, 0.2) is 24.3 Å². The van der Waals surface area contributed by atoms with Crippen LogP contribution in [0.1, 0.15) is 42.4 Å². The van der Waals surface area contributed by atoms with Crippen LogP contribution in [0.5, 0.6) is 5.75 Å². The third-order valence-corrected chi connectivity index (χ3v) is 6.24. The maximum Gasteiger partial charge on any atom is 0.329 e. The fourth-order valence-corrected chi connectivity index (χ4v) is 4.19. The van der Waals surface area contributed by atoms with E-state index in [0.717, 1.165) is 18.4 Å². The number of rotatable bonds is 8. The van der Waals surface area contributed by atoms with E-state index >= 15 is 4.39 Å². The predicted molar refractivity (Wildman–Crippen MR) is 114 cm³/mol. The van der Waals surface area contributed by atoms with E-state index in [-0.39, 0.29) is 18.5 Å². The number of nitrogens with one attached hydrogen (secondary N) is 1. The van der Waals surface area contributed by atoms with E-state index in [1.54, 1.807) is 31.2 Å². The Morgan fingerprint density at radius 2 is 1.88 bits per heavy atom. The zero-order chi connectivity index (χ0) is 23.3. The predicted octanol–water partition coefficient (Wildman–Crippen LogP) is 5.46. The summed E-state index contributed by atoms with van der Waals surface area (Å²) in [6.45, 7) is 3.84. The lowest BCUT2D eigenvalue weighted by molar-refractivity contribution is -0.168. The molecule has 0 saturated heterocycles. The Balaban J connectivity index is 1.73. The quantitative estimate of drug-likeness (QED) is 0.560.